The Balaban J connectivity index is 1.53. The van der Waals surface area contributed by atoms with Crippen LogP contribution in [0.25, 0.3) is 5.69 Å². The maximum absolute atomic E-state index is 14.8. The molecule has 4 aromatic rings. The number of halogens is 4. The number of rotatable bonds is 8. The molecule has 2 aromatic heterocycles. The molecule has 14 heteroatoms. The molecule has 0 spiro atoms. The molecule has 0 aliphatic rings. The molecule has 212 valence electrons. The van der Waals surface area contributed by atoms with Crippen molar-refractivity contribution in [1.82, 2.24) is 20.1 Å². The van der Waals surface area contributed by atoms with Gasteiger partial charge in [-0.3, -0.25) is 19.4 Å². The molecule has 0 aliphatic heterocycles. The molecule has 0 saturated heterocycles. The molecule has 2 aromatic carbocycles. The van der Waals surface area contributed by atoms with Gasteiger partial charge in [0, 0.05) is 42.7 Å². The van der Waals surface area contributed by atoms with Crippen LogP contribution in [0, 0.1) is 12.7 Å². The predicted molar refractivity (Wildman–Crippen MR) is 138 cm³/mol. The Morgan fingerprint density at radius 1 is 1.00 bits per heavy atom. The topological polar surface area (TPSA) is 124 Å². The van der Waals surface area contributed by atoms with Crippen LogP contribution in [0.3, 0.4) is 0 Å². The van der Waals surface area contributed by atoms with Crippen molar-refractivity contribution in [3.8, 4) is 22.9 Å². The van der Waals surface area contributed by atoms with E-state index in [9.17, 15) is 31.9 Å². The number of anilines is 1. The highest BCUT2D eigenvalue weighted by Gasteiger charge is 2.31. The Kier molecular flexibility index (Phi) is 8.31. The maximum Gasteiger partial charge on any atom is 0.573 e. The molecule has 2 N–H and O–H groups in total. The zero-order valence-corrected chi connectivity index (χ0v) is 21.5. The number of amides is 2. The highest BCUT2D eigenvalue weighted by molar-refractivity contribution is 6.03. The van der Waals surface area contributed by atoms with E-state index in [2.05, 4.69) is 25.5 Å². The minimum Gasteiger partial charge on any atom is -0.454 e. The lowest BCUT2D eigenvalue weighted by molar-refractivity contribution is -0.274. The fraction of sp³-hybridized carbons (Fsp3) is 0.148. The van der Waals surface area contributed by atoms with Crippen LogP contribution >= 0.6 is 0 Å². The second kappa shape index (κ2) is 11.9. The largest absolute Gasteiger partial charge is 0.573 e. The second-order valence-electron chi connectivity index (χ2n) is 8.41. The number of aromatic nitrogens is 3. The number of carbonyl (C=O) groups excluding carboxylic acids is 2. The number of pyridine rings is 1. The van der Waals surface area contributed by atoms with Gasteiger partial charge in [-0.2, -0.15) is 9.78 Å². The number of hydrogen-bond donors (Lipinski definition) is 2. The van der Waals surface area contributed by atoms with Gasteiger partial charge in [-0.05, 0) is 49.7 Å². The Labute approximate surface area is 229 Å². The molecule has 0 saturated carbocycles. The van der Waals surface area contributed by atoms with Gasteiger partial charge in [-0.15, -0.1) is 13.2 Å². The van der Waals surface area contributed by atoms with Gasteiger partial charge in [0.1, 0.15) is 17.2 Å². The highest BCUT2D eigenvalue weighted by atomic mass is 19.4. The zero-order chi connectivity index (χ0) is 29.7. The second-order valence-corrected chi connectivity index (χ2v) is 8.41. The molecule has 0 radical (unpaired) electrons. The van der Waals surface area contributed by atoms with Crippen LogP contribution in [0.2, 0.25) is 0 Å². The Morgan fingerprint density at radius 2 is 1.78 bits per heavy atom. The number of nitrogens with one attached hydrogen (secondary N) is 2. The third-order valence-corrected chi connectivity index (χ3v) is 5.35. The average Bonchev–Trinajstić information content (AvgIpc) is 2.90. The van der Waals surface area contributed by atoms with E-state index in [-0.39, 0.29) is 39.8 Å². The summed E-state index contributed by atoms with van der Waals surface area (Å²) in [6.07, 6.45) is -3.61. The van der Waals surface area contributed by atoms with E-state index in [4.69, 9.17) is 4.74 Å². The van der Waals surface area contributed by atoms with Crippen molar-refractivity contribution < 1.29 is 36.6 Å². The van der Waals surface area contributed by atoms with Crippen molar-refractivity contribution >= 4 is 17.5 Å². The summed E-state index contributed by atoms with van der Waals surface area (Å²) in [6.45, 7) is 3.59. The van der Waals surface area contributed by atoms with Gasteiger partial charge >= 0.3 is 6.36 Å². The number of alkyl halides is 3. The SMILES string of the molecule is CCNC(=O)c1cc(Oc2ccc(NC(=O)c3nn(-c4cccc(OC(F)(F)F)c4)c(=O)cc3C)cc2F)ccn1. The molecule has 2 heterocycles. The number of benzene rings is 2. The molecule has 0 aliphatic carbocycles. The van der Waals surface area contributed by atoms with Crippen molar-refractivity contribution in [2.45, 2.75) is 20.2 Å². The van der Waals surface area contributed by atoms with Crippen LogP contribution in [0.4, 0.5) is 23.2 Å². The molecule has 2 amide bonds. The lowest BCUT2D eigenvalue weighted by Gasteiger charge is -2.13. The number of hydrogen-bond acceptors (Lipinski definition) is 7. The van der Waals surface area contributed by atoms with E-state index < -0.39 is 35.3 Å². The van der Waals surface area contributed by atoms with Gasteiger partial charge in [0.05, 0.1) is 5.69 Å². The Hall–Kier alpha value is -5.27. The minimum atomic E-state index is -4.95. The first kappa shape index (κ1) is 28.7. The van der Waals surface area contributed by atoms with Gasteiger partial charge in [0.15, 0.2) is 17.3 Å². The summed E-state index contributed by atoms with van der Waals surface area (Å²) in [4.78, 5) is 41.4. The fourth-order valence-electron chi connectivity index (χ4n) is 3.59. The first-order chi connectivity index (χ1) is 19.4. The lowest BCUT2D eigenvalue weighted by Crippen LogP contribution is -2.26. The lowest BCUT2D eigenvalue weighted by atomic mass is 10.2. The van der Waals surface area contributed by atoms with Crippen LogP contribution in [0.5, 0.6) is 17.2 Å². The van der Waals surface area contributed by atoms with Crippen LogP contribution in [0.1, 0.15) is 33.5 Å². The first-order valence-corrected chi connectivity index (χ1v) is 11.9. The first-order valence-electron chi connectivity index (χ1n) is 11.9. The molecule has 10 nitrogen and oxygen atoms in total. The van der Waals surface area contributed by atoms with E-state index in [1.54, 1.807) is 6.92 Å². The van der Waals surface area contributed by atoms with Crippen LogP contribution < -0.4 is 25.7 Å². The van der Waals surface area contributed by atoms with Crippen molar-refractivity contribution in [2.24, 2.45) is 0 Å². The third kappa shape index (κ3) is 7.23. The van der Waals surface area contributed by atoms with Crippen molar-refractivity contribution in [1.29, 1.82) is 0 Å². The van der Waals surface area contributed by atoms with E-state index in [0.29, 0.717) is 6.54 Å². The van der Waals surface area contributed by atoms with Gasteiger partial charge in [0.25, 0.3) is 17.4 Å². The van der Waals surface area contributed by atoms with Gasteiger partial charge in [0.2, 0.25) is 0 Å². The number of ether oxygens (including phenoxy) is 2. The van der Waals surface area contributed by atoms with E-state index >= 15 is 0 Å². The summed E-state index contributed by atoms with van der Waals surface area (Å²) in [5.41, 5.74) is -0.740. The highest BCUT2D eigenvalue weighted by Crippen LogP contribution is 2.28. The summed E-state index contributed by atoms with van der Waals surface area (Å²) >= 11 is 0. The minimum absolute atomic E-state index is 0.0251. The number of nitrogens with zero attached hydrogens (tertiary/aromatic N) is 3. The fourth-order valence-corrected chi connectivity index (χ4v) is 3.59. The maximum atomic E-state index is 14.8. The standard InChI is InChI=1S/C27H21F4N5O5/c1-3-32-25(38)21-14-18(9-10-33-21)40-22-8-7-16(12-20(22)28)34-26(39)24-15(2)11-23(37)36(35-24)17-5-4-6-19(13-17)41-27(29,30)31/h4-14H,3H2,1-2H3,(H,32,38)(H,34,39). The summed E-state index contributed by atoms with van der Waals surface area (Å²) in [6, 6.07) is 12.0. The van der Waals surface area contributed by atoms with E-state index in [1.807, 2.05) is 0 Å². The van der Waals surface area contributed by atoms with Crippen LogP contribution in [0.15, 0.2) is 71.7 Å². The third-order valence-electron chi connectivity index (χ3n) is 5.35. The van der Waals surface area contributed by atoms with Gasteiger partial charge in [-0.25, -0.2) is 4.39 Å². The van der Waals surface area contributed by atoms with Gasteiger partial charge < -0.3 is 20.1 Å². The molecular weight excluding hydrogens is 550 g/mol. The molecule has 0 bridgehead atoms. The average molecular weight is 571 g/mol. The summed E-state index contributed by atoms with van der Waals surface area (Å²) in [5, 5.41) is 9.06. The Bertz CT molecular complexity index is 1670. The normalized spacial score (nSPS) is 11.1. The van der Waals surface area contributed by atoms with E-state index in [0.717, 1.165) is 28.9 Å². The quantitative estimate of drug-likeness (QED) is 0.292. The van der Waals surface area contributed by atoms with Crippen LogP contribution in [-0.4, -0.2) is 39.5 Å². The van der Waals surface area contributed by atoms with Crippen LogP contribution in [-0.2, 0) is 0 Å². The summed E-state index contributed by atoms with van der Waals surface area (Å²) < 4.78 is 62.8. The molecule has 41 heavy (non-hydrogen) atoms. The smallest absolute Gasteiger partial charge is 0.454 e. The summed E-state index contributed by atoms with van der Waals surface area (Å²) in [5.74, 6) is -2.69. The number of aryl methyl sites for hydroxylation is 1. The summed E-state index contributed by atoms with van der Waals surface area (Å²) in [7, 11) is 0. The molecule has 4 rings (SSSR count). The molecule has 0 atom stereocenters. The van der Waals surface area contributed by atoms with Crippen molar-refractivity contribution in [3.05, 3.63) is 100.0 Å². The molecular formula is C27H21F4N5O5. The molecule has 0 unspecified atom stereocenters. The van der Waals surface area contributed by atoms with Gasteiger partial charge in [-0.1, -0.05) is 6.07 Å². The van der Waals surface area contributed by atoms with E-state index in [1.165, 1.54) is 49.5 Å². The van der Waals surface area contributed by atoms with Crippen molar-refractivity contribution in [2.75, 3.05) is 11.9 Å². The number of carbonyl (C=O) groups is 2. The van der Waals surface area contributed by atoms with Crippen molar-refractivity contribution in [3.63, 3.8) is 0 Å². The Morgan fingerprint density at radius 3 is 2.49 bits per heavy atom. The monoisotopic (exact) mass is 571 g/mol. The zero-order valence-electron chi connectivity index (χ0n) is 21.5. The molecule has 0 fully saturated rings. The predicted octanol–water partition coefficient (Wildman–Crippen LogP) is 4.77.